The first kappa shape index (κ1) is 14.5. The molecule has 1 aromatic rings. The second-order valence-corrected chi connectivity index (χ2v) is 7.64. The highest BCUT2D eigenvalue weighted by Gasteiger charge is 2.40. The maximum atomic E-state index is 12.3. The van der Waals surface area contributed by atoms with E-state index in [2.05, 4.69) is 4.72 Å². The van der Waals surface area contributed by atoms with E-state index in [9.17, 15) is 8.42 Å². The van der Waals surface area contributed by atoms with E-state index in [1.54, 1.807) is 24.3 Å². The molecular formula is C14H22N2O2S. The van der Waals surface area contributed by atoms with Crippen LogP contribution in [-0.4, -0.2) is 14.0 Å². The molecule has 4 nitrogen and oxygen atoms in total. The predicted molar refractivity (Wildman–Crippen MR) is 76.2 cm³/mol. The zero-order valence-corrected chi connectivity index (χ0v) is 12.5. The van der Waals surface area contributed by atoms with E-state index in [1.165, 1.54) is 0 Å². The molecule has 1 fully saturated rings. The third-order valence-electron chi connectivity index (χ3n) is 3.71. The smallest absolute Gasteiger partial charge is 0.241 e. The molecular weight excluding hydrogens is 260 g/mol. The van der Waals surface area contributed by atoms with Crippen molar-refractivity contribution >= 4 is 10.0 Å². The first-order chi connectivity index (χ1) is 8.72. The lowest BCUT2D eigenvalue weighted by Gasteiger charge is -2.25. The number of benzene rings is 1. The van der Waals surface area contributed by atoms with Crippen LogP contribution in [0.15, 0.2) is 29.2 Å². The van der Waals surface area contributed by atoms with Crippen LogP contribution in [0.3, 0.4) is 0 Å². The SMILES string of the molecule is CC(N)c1ccc(S(=O)(=O)NC(C)(C)C2CC2)cc1. The Hall–Kier alpha value is -0.910. The molecule has 106 valence electrons. The summed E-state index contributed by atoms with van der Waals surface area (Å²) in [5, 5.41) is 0. The Morgan fingerprint density at radius 2 is 1.79 bits per heavy atom. The number of hydrogen-bond acceptors (Lipinski definition) is 3. The Morgan fingerprint density at radius 1 is 1.26 bits per heavy atom. The Balaban J connectivity index is 2.19. The molecule has 19 heavy (non-hydrogen) atoms. The summed E-state index contributed by atoms with van der Waals surface area (Å²) in [6, 6.07) is 6.67. The van der Waals surface area contributed by atoms with Crippen molar-refractivity contribution in [2.45, 2.75) is 50.1 Å². The van der Waals surface area contributed by atoms with Gasteiger partial charge in [-0.05, 0) is 57.2 Å². The minimum atomic E-state index is -3.46. The van der Waals surface area contributed by atoms with E-state index < -0.39 is 10.0 Å². The fourth-order valence-corrected chi connectivity index (χ4v) is 3.72. The maximum absolute atomic E-state index is 12.3. The molecule has 1 aliphatic rings. The molecule has 0 saturated heterocycles. The molecule has 0 radical (unpaired) electrons. The zero-order valence-electron chi connectivity index (χ0n) is 11.7. The molecule has 0 bridgehead atoms. The maximum Gasteiger partial charge on any atom is 0.241 e. The molecule has 3 N–H and O–H groups in total. The summed E-state index contributed by atoms with van der Waals surface area (Å²) in [7, 11) is -3.46. The average Bonchev–Trinajstić information content (AvgIpc) is 3.11. The van der Waals surface area contributed by atoms with Crippen LogP contribution in [0.4, 0.5) is 0 Å². The van der Waals surface area contributed by atoms with Crippen LogP contribution in [0.25, 0.3) is 0 Å². The van der Waals surface area contributed by atoms with Crippen LogP contribution < -0.4 is 10.5 Å². The molecule has 0 aliphatic heterocycles. The van der Waals surface area contributed by atoms with Gasteiger partial charge in [0.25, 0.3) is 0 Å². The van der Waals surface area contributed by atoms with Gasteiger partial charge in [0.1, 0.15) is 0 Å². The lowest BCUT2D eigenvalue weighted by atomic mass is 10.0. The number of nitrogens with two attached hydrogens (primary N) is 1. The van der Waals surface area contributed by atoms with Gasteiger partial charge in [0, 0.05) is 11.6 Å². The van der Waals surface area contributed by atoms with Gasteiger partial charge >= 0.3 is 0 Å². The second-order valence-electron chi connectivity index (χ2n) is 5.96. The van der Waals surface area contributed by atoms with Crippen molar-refractivity contribution in [1.29, 1.82) is 0 Å². The second kappa shape index (κ2) is 4.89. The van der Waals surface area contributed by atoms with Gasteiger partial charge in [0.05, 0.1) is 4.90 Å². The predicted octanol–water partition coefficient (Wildman–Crippen LogP) is 2.17. The van der Waals surface area contributed by atoms with Crippen molar-refractivity contribution < 1.29 is 8.42 Å². The summed E-state index contributed by atoms with van der Waals surface area (Å²) in [4.78, 5) is 0.297. The van der Waals surface area contributed by atoms with Crippen molar-refractivity contribution in [1.82, 2.24) is 4.72 Å². The van der Waals surface area contributed by atoms with Gasteiger partial charge in [0.2, 0.25) is 10.0 Å². The van der Waals surface area contributed by atoms with Gasteiger partial charge in [-0.3, -0.25) is 0 Å². The molecule has 0 aromatic heterocycles. The van der Waals surface area contributed by atoms with Crippen molar-refractivity contribution in [2.24, 2.45) is 11.7 Å². The molecule has 0 spiro atoms. The summed E-state index contributed by atoms with van der Waals surface area (Å²) in [5.41, 5.74) is 6.31. The Labute approximate surface area is 115 Å². The summed E-state index contributed by atoms with van der Waals surface area (Å²) in [6.45, 7) is 5.76. The van der Waals surface area contributed by atoms with Gasteiger partial charge in [-0.2, -0.15) is 0 Å². The van der Waals surface area contributed by atoms with Crippen LogP contribution in [0.1, 0.15) is 45.2 Å². The summed E-state index contributed by atoms with van der Waals surface area (Å²) in [5.74, 6) is 0.450. The van der Waals surface area contributed by atoms with Gasteiger partial charge in [0.15, 0.2) is 0 Å². The lowest BCUT2D eigenvalue weighted by molar-refractivity contribution is 0.400. The standard InChI is InChI=1S/C14H22N2O2S/c1-10(15)11-4-8-13(9-5-11)19(17,18)16-14(2,3)12-6-7-12/h4-5,8-10,12,16H,6-7,15H2,1-3H3. The highest BCUT2D eigenvalue weighted by atomic mass is 32.2. The molecule has 2 rings (SSSR count). The van der Waals surface area contributed by atoms with Crippen molar-refractivity contribution in [3.05, 3.63) is 29.8 Å². The molecule has 0 amide bonds. The van der Waals surface area contributed by atoms with E-state index in [-0.39, 0.29) is 11.6 Å². The minimum absolute atomic E-state index is 0.0902. The summed E-state index contributed by atoms with van der Waals surface area (Å²) < 4.78 is 27.4. The first-order valence-electron chi connectivity index (χ1n) is 6.62. The Morgan fingerprint density at radius 3 is 2.21 bits per heavy atom. The molecule has 5 heteroatoms. The van der Waals surface area contributed by atoms with Crippen molar-refractivity contribution in [2.75, 3.05) is 0 Å². The average molecular weight is 282 g/mol. The molecule has 1 unspecified atom stereocenters. The normalized spacial score (nSPS) is 18.3. The third-order valence-corrected chi connectivity index (χ3v) is 5.40. The largest absolute Gasteiger partial charge is 0.324 e. The van der Waals surface area contributed by atoms with Crippen LogP contribution in [0.5, 0.6) is 0 Å². The van der Waals surface area contributed by atoms with Gasteiger partial charge in [-0.15, -0.1) is 0 Å². The van der Waals surface area contributed by atoms with Crippen LogP contribution >= 0.6 is 0 Å². The fourth-order valence-electron chi connectivity index (χ4n) is 2.24. The molecule has 1 aromatic carbocycles. The Kier molecular flexibility index (Phi) is 3.73. The van der Waals surface area contributed by atoms with E-state index in [1.807, 2.05) is 20.8 Å². The quantitative estimate of drug-likeness (QED) is 0.869. The number of nitrogens with one attached hydrogen (secondary N) is 1. The van der Waals surface area contributed by atoms with E-state index in [0.29, 0.717) is 10.8 Å². The Bertz CT molecular complexity index is 543. The van der Waals surface area contributed by atoms with Crippen LogP contribution in [0, 0.1) is 5.92 Å². The van der Waals surface area contributed by atoms with Crippen LogP contribution in [-0.2, 0) is 10.0 Å². The van der Waals surface area contributed by atoms with Crippen molar-refractivity contribution in [3.8, 4) is 0 Å². The van der Waals surface area contributed by atoms with Crippen molar-refractivity contribution in [3.63, 3.8) is 0 Å². The monoisotopic (exact) mass is 282 g/mol. The van der Waals surface area contributed by atoms with Gasteiger partial charge in [-0.25, -0.2) is 13.1 Å². The summed E-state index contributed by atoms with van der Waals surface area (Å²) >= 11 is 0. The number of sulfonamides is 1. The van der Waals surface area contributed by atoms with E-state index >= 15 is 0 Å². The highest BCUT2D eigenvalue weighted by molar-refractivity contribution is 7.89. The summed E-state index contributed by atoms with van der Waals surface area (Å²) in [6.07, 6.45) is 2.19. The van der Waals surface area contributed by atoms with Crippen LogP contribution in [0.2, 0.25) is 0 Å². The van der Waals surface area contributed by atoms with E-state index in [4.69, 9.17) is 5.73 Å². The molecule has 1 aliphatic carbocycles. The topological polar surface area (TPSA) is 72.2 Å². The third kappa shape index (κ3) is 3.35. The molecule has 1 atom stereocenters. The van der Waals surface area contributed by atoms with E-state index in [0.717, 1.165) is 18.4 Å². The van der Waals surface area contributed by atoms with Gasteiger partial charge in [-0.1, -0.05) is 12.1 Å². The molecule has 0 heterocycles. The number of hydrogen-bond donors (Lipinski definition) is 2. The zero-order chi connectivity index (χ0) is 14.3. The van der Waals surface area contributed by atoms with Gasteiger partial charge < -0.3 is 5.73 Å². The lowest BCUT2D eigenvalue weighted by Crippen LogP contribution is -2.45. The fraction of sp³-hybridized carbons (Fsp3) is 0.571. The highest BCUT2D eigenvalue weighted by Crippen LogP contribution is 2.39. The number of rotatable bonds is 5. The molecule has 1 saturated carbocycles. The first-order valence-corrected chi connectivity index (χ1v) is 8.10. The minimum Gasteiger partial charge on any atom is -0.324 e.